The molecule has 5 heteroatoms. The van der Waals surface area contributed by atoms with Crippen LogP contribution >= 0.6 is 22.6 Å². The van der Waals surface area contributed by atoms with Gasteiger partial charge in [0.05, 0.1) is 12.5 Å². The SMILES string of the molecule is Cc1cc(I)cnc1NC(=O)[C@H]1CCOC1. The Morgan fingerprint density at radius 1 is 1.69 bits per heavy atom. The Morgan fingerprint density at radius 2 is 2.50 bits per heavy atom. The third-order valence-corrected chi connectivity index (χ3v) is 3.18. The number of ether oxygens (including phenoxy) is 1. The van der Waals surface area contributed by atoms with Gasteiger partial charge in [-0.1, -0.05) is 0 Å². The molecular weight excluding hydrogens is 319 g/mol. The van der Waals surface area contributed by atoms with E-state index in [1.165, 1.54) is 0 Å². The molecule has 4 nitrogen and oxygen atoms in total. The van der Waals surface area contributed by atoms with Gasteiger partial charge in [0.25, 0.3) is 0 Å². The lowest BCUT2D eigenvalue weighted by Gasteiger charge is -2.10. The minimum absolute atomic E-state index is 0.00862. The molecule has 1 amide bonds. The molecule has 1 aliphatic rings. The van der Waals surface area contributed by atoms with E-state index in [2.05, 4.69) is 32.9 Å². The first-order valence-electron chi connectivity index (χ1n) is 5.17. The minimum atomic E-state index is -0.0273. The topological polar surface area (TPSA) is 51.2 Å². The summed E-state index contributed by atoms with van der Waals surface area (Å²) in [6.07, 6.45) is 2.55. The van der Waals surface area contributed by atoms with Gasteiger partial charge in [0.1, 0.15) is 5.82 Å². The Hall–Kier alpha value is -0.690. The molecule has 1 aromatic rings. The first-order valence-corrected chi connectivity index (χ1v) is 6.25. The summed E-state index contributed by atoms with van der Waals surface area (Å²) in [5.74, 6) is 0.632. The first kappa shape index (κ1) is 11.8. The average molecular weight is 332 g/mol. The average Bonchev–Trinajstić information content (AvgIpc) is 2.75. The van der Waals surface area contributed by atoms with E-state index in [0.29, 0.717) is 19.0 Å². The van der Waals surface area contributed by atoms with Crippen LogP contribution in [0.3, 0.4) is 0 Å². The lowest BCUT2D eigenvalue weighted by molar-refractivity contribution is -0.119. The summed E-state index contributed by atoms with van der Waals surface area (Å²) in [5, 5.41) is 2.85. The molecule has 0 aromatic carbocycles. The number of nitrogens with one attached hydrogen (secondary N) is 1. The molecule has 0 bridgehead atoms. The number of aromatic nitrogens is 1. The van der Waals surface area contributed by atoms with Gasteiger partial charge in [0.15, 0.2) is 0 Å². The van der Waals surface area contributed by atoms with Crippen LogP contribution in [0.4, 0.5) is 5.82 Å². The van der Waals surface area contributed by atoms with E-state index in [1.54, 1.807) is 6.20 Å². The highest BCUT2D eigenvalue weighted by atomic mass is 127. The third kappa shape index (κ3) is 2.70. The van der Waals surface area contributed by atoms with E-state index in [4.69, 9.17) is 4.74 Å². The van der Waals surface area contributed by atoms with Crippen LogP contribution in [0.5, 0.6) is 0 Å². The minimum Gasteiger partial charge on any atom is -0.381 e. The zero-order valence-corrected chi connectivity index (χ0v) is 11.2. The number of amides is 1. The molecule has 0 radical (unpaired) electrons. The van der Waals surface area contributed by atoms with Crippen molar-refractivity contribution < 1.29 is 9.53 Å². The molecule has 0 aliphatic carbocycles. The van der Waals surface area contributed by atoms with E-state index in [0.717, 1.165) is 15.6 Å². The van der Waals surface area contributed by atoms with E-state index in [1.807, 2.05) is 13.0 Å². The highest BCUT2D eigenvalue weighted by Crippen LogP contribution is 2.18. The number of carbonyl (C=O) groups is 1. The van der Waals surface area contributed by atoms with Crippen molar-refractivity contribution in [3.8, 4) is 0 Å². The van der Waals surface area contributed by atoms with Crippen molar-refractivity contribution in [2.24, 2.45) is 5.92 Å². The van der Waals surface area contributed by atoms with Crippen LogP contribution in [-0.2, 0) is 9.53 Å². The quantitative estimate of drug-likeness (QED) is 0.843. The van der Waals surface area contributed by atoms with Gasteiger partial charge in [0.2, 0.25) is 5.91 Å². The molecule has 1 N–H and O–H groups in total. The Bertz CT molecular complexity index is 403. The second-order valence-electron chi connectivity index (χ2n) is 3.87. The highest BCUT2D eigenvalue weighted by Gasteiger charge is 2.24. The summed E-state index contributed by atoms with van der Waals surface area (Å²) in [4.78, 5) is 16.0. The third-order valence-electron chi connectivity index (χ3n) is 2.59. The lowest BCUT2D eigenvalue weighted by Crippen LogP contribution is -2.23. The Morgan fingerprint density at radius 3 is 3.12 bits per heavy atom. The number of carbonyl (C=O) groups excluding carboxylic acids is 1. The number of anilines is 1. The molecule has 2 rings (SSSR count). The summed E-state index contributed by atoms with van der Waals surface area (Å²) in [5.41, 5.74) is 0.985. The van der Waals surface area contributed by atoms with E-state index >= 15 is 0 Å². The normalized spacial score (nSPS) is 19.8. The molecule has 86 valence electrons. The molecule has 2 heterocycles. The van der Waals surface area contributed by atoms with Crippen LogP contribution in [0, 0.1) is 16.4 Å². The van der Waals surface area contributed by atoms with Crippen LogP contribution in [0.2, 0.25) is 0 Å². The Balaban J connectivity index is 2.05. The Labute approximate surface area is 108 Å². The molecule has 1 aromatic heterocycles. The maximum Gasteiger partial charge on any atom is 0.231 e. The number of aryl methyl sites for hydroxylation is 1. The van der Waals surface area contributed by atoms with E-state index in [-0.39, 0.29) is 11.8 Å². The number of nitrogens with zero attached hydrogens (tertiary/aromatic N) is 1. The monoisotopic (exact) mass is 332 g/mol. The van der Waals surface area contributed by atoms with Gasteiger partial charge in [-0.15, -0.1) is 0 Å². The zero-order valence-electron chi connectivity index (χ0n) is 9.00. The number of pyridine rings is 1. The number of rotatable bonds is 2. The largest absolute Gasteiger partial charge is 0.381 e. The molecule has 1 atom stereocenters. The van der Waals surface area contributed by atoms with Crippen molar-refractivity contribution in [3.63, 3.8) is 0 Å². The van der Waals surface area contributed by atoms with Crippen LogP contribution in [-0.4, -0.2) is 24.1 Å². The van der Waals surface area contributed by atoms with Gasteiger partial charge >= 0.3 is 0 Å². The predicted molar refractivity (Wildman–Crippen MR) is 69.2 cm³/mol. The lowest BCUT2D eigenvalue weighted by atomic mass is 10.1. The summed E-state index contributed by atoms with van der Waals surface area (Å²) < 4.78 is 6.25. The van der Waals surface area contributed by atoms with E-state index < -0.39 is 0 Å². The summed E-state index contributed by atoms with van der Waals surface area (Å²) in [6, 6.07) is 1.99. The van der Waals surface area contributed by atoms with Crippen molar-refractivity contribution in [2.75, 3.05) is 18.5 Å². The Kier molecular flexibility index (Phi) is 3.75. The number of hydrogen-bond donors (Lipinski definition) is 1. The smallest absolute Gasteiger partial charge is 0.231 e. The van der Waals surface area contributed by atoms with Crippen LogP contribution in [0.15, 0.2) is 12.3 Å². The van der Waals surface area contributed by atoms with Crippen molar-refractivity contribution in [1.29, 1.82) is 0 Å². The predicted octanol–water partition coefficient (Wildman–Crippen LogP) is 1.97. The maximum atomic E-state index is 11.8. The van der Waals surface area contributed by atoms with Crippen LogP contribution in [0.25, 0.3) is 0 Å². The van der Waals surface area contributed by atoms with Gasteiger partial charge in [-0.25, -0.2) is 4.98 Å². The van der Waals surface area contributed by atoms with E-state index in [9.17, 15) is 4.79 Å². The molecule has 1 aliphatic heterocycles. The molecule has 16 heavy (non-hydrogen) atoms. The molecule has 0 unspecified atom stereocenters. The van der Waals surface area contributed by atoms with Crippen molar-refractivity contribution in [3.05, 3.63) is 21.4 Å². The van der Waals surface area contributed by atoms with Gasteiger partial charge in [-0.3, -0.25) is 4.79 Å². The molecule has 1 saturated heterocycles. The standard InChI is InChI=1S/C11H13IN2O2/c1-7-4-9(12)5-13-10(7)14-11(15)8-2-3-16-6-8/h4-5,8H,2-3,6H2,1H3,(H,13,14,15)/t8-/m0/s1. The van der Waals surface area contributed by atoms with Crippen molar-refractivity contribution in [1.82, 2.24) is 4.98 Å². The number of halogens is 1. The second-order valence-corrected chi connectivity index (χ2v) is 5.11. The fraction of sp³-hybridized carbons (Fsp3) is 0.455. The molecule has 0 saturated carbocycles. The van der Waals surface area contributed by atoms with Crippen LogP contribution < -0.4 is 5.32 Å². The summed E-state index contributed by atoms with van der Waals surface area (Å²) in [6.45, 7) is 3.14. The second kappa shape index (κ2) is 5.09. The van der Waals surface area contributed by atoms with Gasteiger partial charge < -0.3 is 10.1 Å². The van der Waals surface area contributed by atoms with Gasteiger partial charge in [-0.2, -0.15) is 0 Å². The fourth-order valence-electron chi connectivity index (χ4n) is 1.63. The van der Waals surface area contributed by atoms with Crippen molar-refractivity contribution in [2.45, 2.75) is 13.3 Å². The molecule has 0 spiro atoms. The highest BCUT2D eigenvalue weighted by molar-refractivity contribution is 14.1. The fourth-order valence-corrected chi connectivity index (χ4v) is 2.24. The maximum absolute atomic E-state index is 11.8. The summed E-state index contributed by atoms with van der Waals surface area (Å²) >= 11 is 2.20. The van der Waals surface area contributed by atoms with Gasteiger partial charge in [-0.05, 0) is 47.6 Å². The molecule has 1 fully saturated rings. The van der Waals surface area contributed by atoms with Gasteiger partial charge in [0, 0.05) is 16.4 Å². The van der Waals surface area contributed by atoms with Crippen molar-refractivity contribution >= 4 is 34.3 Å². The first-order chi connectivity index (χ1) is 7.66. The number of hydrogen-bond acceptors (Lipinski definition) is 3. The zero-order chi connectivity index (χ0) is 11.5. The summed E-state index contributed by atoms with van der Waals surface area (Å²) in [7, 11) is 0. The molecular formula is C11H13IN2O2. The van der Waals surface area contributed by atoms with Crippen LogP contribution in [0.1, 0.15) is 12.0 Å².